The highest BCUT2D eigenvalue weighted by Crippen LogP contribution is 2.38. The molecule has 108 valence electrons. The predicted octanol–water partition coefficient (Wildman–Crippen LogP) is 3.15. The zero-order valence-electron chi connectivity index (χ0n) is 10.8. The van der Waals surface area contributed by atoms with Gasteiger partial charge in [0.15, 0.2) is 0 Å². The van der Waals surface area contributed by atoms with Crippen molar-refractivity contribution in [3.8, 4) is 11.1 Å². The van der Waals surface area contributed by atoms with E-state index in [2.05, 4.69) is 0 Å². The Morgan fingerprint density at radius 2 is 1.35 bits per heavy atom. The monoisotopic (exact) mass is 284 g/mol. The number of rotatable bonds is 1. The Balaban J connectivity index is 0.000000956. The molecule has 0 unspecified atom stereocenters. The number of aliphatic hydroxyl groups is 1. The molecule has 0 aliphatic rings. The van der Waals surface area contributed by atoms with Crippen molar-refractivity contribution < 1.29 is 18.3 Å². The molecule has 0 saturated heterocycles. The summed E-state index contributed by atoms with van der Waals surface area (Å²) in [6.07, 6.45) is -4.44. The van der Waals surface area contributed by atoms with Crippen molar-refractivity contribution in [1.29, 1.82) is 0 Å². The zero-order valence-corrected chi connectivity index (χ0v) is 10.8. The molecular weight excluding hydrogens is 269 g/mol. The van der Waals surface area contributed by atoms with E-state index in [0.29, 0.717) is 11.3 Å². The minimum absolute atomic E-state index is 0.0847. The standard InChI is InChI=1S/C13H11F3N2.CH4O/c14-13(15,16)12-7-10(18)5-6-11(12)8-1-3-9(17)4-2-8;1-2/h1-7H,17-18H2;2H,1H3. The van der Waals surface area contributed by atoms with E-state index in [1.54, 1.807) is 24.3 Å². The van der Waals surface area contributed by atoms with Crippen LogP contribution < -0.4 is 11.5 Å². The number of anilines is 2. The second kappa shape index (κ2) is 6.29. The lowest BCUT2D eigenvalue weighted by atomic mass is 9.98. The molecule has 2 rings (SSSR count). The first-order chi connectivity index (χ1) is 9.38. The fraction of sp³-hybridized carbons (Fsp3) is 0.143. The molecule has 0 bridgehead atoms. The van der Waals surface area contributed by atoms with Gasteiger partial charge in [0.1, 0.15) is 0 Å². The third kappa shape index (κ3) is 3.64. The maximum Gasteiger partial charge on any atom is 0.417 e. The number of nitrogens with two attached hydrogens (primary N) is 2. The van der Waals surface area contributed by atoms with Gasteiger partial charge in [0.25, 0.3) is 0 Å². The van der Waals surface area contributed by atoms with Gasteiger partial charge < -0.3 is 16.6 Å². The number of nitrogen functional groups attached to an aromatic ring is 2. The molecule has 0 atom stereocenters. The van der Waals surface area contributed by atoms with Gasteiger partial charge in [-0.25, -0.2) is 0 Å². The molecule has 0 aromatic heterocycles. The van der Waals surface area contributed by atoms with Crippen molar-refractivity contribution in [3.05, 3.63) is 48.0 Å². The Bertz CT molecular complexity index is 566. The van der Waals surface area contributed by atoms with Crippen LogP contribution in [0.25, 0.3) is 11.1 Å². The molecule has 20 heavy (non-hydrogen) atoms. The second-order valence-electron chi connectivity index (χ2n) is 3.92. The lowest BCUT2D eigenvalue weighted by Gasteiger charge is -2.13. The van der Waals surface area contributed by atoms with E-state index in [0.717, 1.165) is 13.2 Å². The number of aliphatic hydroxyl groups excluding tert-OH is 1. The summed E-state index contributed by atoms with van der Waals surface area (Å²) in [7, 11) is 1.00. The third-order valence-electron chi connectivity index (χ3n) is 2.57. The number of hydrogen-bond acceptors (Lipinski definition) is 3. The molecular formula is C14H15F3N2O. The molecule has 2 aromatic carbocycles. The lowest BCUT2D eigenvalue weighted by molar-refractivity contribution is -0.137. The van der Waals surface area contributed by atoms with Gasteiger partial charge in [-0.2, -0.15) is 13.2 Å². The number of alkyl halides is 3. The Hall–Kier alpha value is -2.21. The van der Waals surface area contributed by atoms with Gasteiger partial charge >= 0.3 is 6.18 Å². The first-order valence-corrected chi connectivity index (χ1v) is 5.65. The van der Waals surface area contributed by atoms with Gasteiger partial charge in [0.05, 0.1) is 5.56 Å². The van der Waals surface area contributed by atoms with Crippen LogP contribution in [0, 0.1) is 0 Å². The van der Waals surface area contributed by atoms with Crippen molar-refractivity contribution in [3.63, 3.8) is 0 Å². The Labute approximate surface area is 114 Å². The van der Waals surface area contributed by atoms with E-state index in [1.807, 2.05) is 0 Å². The quantitative estimate of drug-likeness (QED) is 0.704. The van der Waals surface area contributed by atoms with E-state index < -0.39 is 11.7 Å². The van der Waals surface area contributed by atoms with Crippen LogP contribution >= 0.6 is 0 Å². The molecule has 0 spiro atoms. The molecule has 0 heterocycles. The van der Waals surface area contributed by atoms with Crippen molar-refractivity contribution in [2.75, 3.05) is 18.6 Å². The summed E-state index contributed by atoms with van der Waals surface area (Å²) < 4.78 is 38.7. The van der Waals surface area contributed by atoms with E-state index in [1.165, 1.54) is 12.1 Å². The summed E-state index contributed by atoms with van der Waals surface area (Å²) >= 11 is 0. The van der Waals surface area contributed by atoms with E-state index in [-0.39, 0.29) is 11.3 Å². The van der Waals surface area contributed by atoms with E-state index in [4.69, 9.17) is 16.6 Å². The van der Waals surface area contributed by atoms with Crippen LogP contribution in [0.2, 0.25) is 0 Å². The molecule has 0 radical (unpaired) electrons. The van der Waals surface area contributed by atoms with Crippen LogP contribution in [0.15, 0.2) is 42.5 Å². The molecule has 0 aliphatic carbocycles. The molecule has 0 amide bonds. The van der Waals surface area contributed by atoms with Crippen molar-refractivity contribution >= 4 is 11.4 Å². The maximum absolute atomic E-state index is 12.9. The van der Waals surface area contributed by atoms with Crippen LogP contribution in [0.1, 0.15) is 5.56 Å². The van der Waals surface area contributed by atoms with Gasteiger partial charge in [-0.3, -0.25) is 0 Å². The van der Waals surface area contributed by atoms with Crippen molar-refractivity contribution in [2.45, 2.75) is 6.18 Å². The summed E-state index contributed by atoms with van der Waals surface area (Å²) in [5, 5.41) is 7.00. The number of halogens is 3. The Kier molecular flexibility index (Phi) is 4.99. The van der Waals surface area contributed by atoms with Gasteiger partial charge in [-0.1, -0.05) is 18.2 Å². The molecule has 0 fully saturated rings. The summed E-state index contributed by atoms with van der Waals surface area (Å²) in [6.45, 7) is 0. The van der Waals surface area contributed by atoms with E-state index in [9.17, 15) is 13.2 Å². The first-order valence-electron chi connectivity index (χ1n) is 5.65. The average molecular weight is 284 g/mol. The van der Waals surface area contributed by atoms with Gasteiger partial charge in [-0.05, 0) is 35.4 Å². The second-order valence-corrected chi connectivity index (χ2v) is 3.92. The smallest absolute Gasteiger partial charge is 0.400 e. The number of benzene rings is 2. The zero-order chi connectivity index (χ0) is 15.3. The fourth-order valence-corrected chi connectivity index (χ4v) is 1.71. The molecule has 2 aromatic rings. The molecule has 5 N–H and O–H groups in total. The van der Waals surface area contributed by atoms with Crippen LogP contribution in [0.5, 0.6) is 0 Å². The fourth-order valence-electron chi connectivity index (χ4n) is 1.71. The van der Waals surface area contributed by atoms with Crippen molar-refractivity contribution in [1.82, 2.24) is 0 Å². The lowest BCUT2D eigenvalue weighted by Crippen LogP contribution is -2.08. The topological polar surface area (TPSA) is 72.3 Å². The summed E-state index contributed by atoms with van der Waals surface area (Å²) in [5.41, 5.74) is 11.3. The Morgan fingerprint density at radius 1 is 0.850 bits per heavy atom. The first kappa shape index (κ1) is 15.8. The minimum atomic E-state index is -4.44. The number of hydrogen-bond donors (Lipinski definition) is 3. The normalized spacial score (nSPS) is 10.7. The van der Waals surface area contributed by atoms with Crippen LogP contribution in [-0.4, -0.2) is 12.2 Å². The van der Waals surface area contributed by atoms with E-state index >= 15 is 0 Å². The summed E-state index contributed by atoms with van der Waals surface area (Å²) in [5.74, 6) is 0. The highest BCUT2D eigenvalue weighted by atomic mass is 19.4. The maximum atomic E-state index is 12.9. The average Bonchev–Trinajstić information content (AvgIpc) is 2.41. The highest BCUT2D eigenvalue weighted by molar-refractivity contribution is 5.71. The highest BCUT2D eigenvalue weighted by Gasteiger charge is 2.33. The van der Waals surface area contributed by atoms with Gasteiger partial charge in [0.2, 0.25) is 0 Å². The molecule has 0 saturated carbocycles. The largest absolute Gasteiger partial charge is 0.417 e. The molecule has 6 heteroatoms. The predicted molar refractivity (Wildman–Crippen MR) is 73.8 cm³/mol. The van der Waals surface area contributed by atoms with Crippen LogP contribution in [-0.2, 0) is 6.18 Å². The van der Waals surface area contributed by atoms with Crippen LogP contribution in [0.3, 0.4) is 0 Å². The van der Waals surface area contributed by atoms with Crippen LogP contribution in [0.4, 0.5) is 24.5 Å². The van der Waals surface area contributed by atoms with Gasteiger partial charge in [0, 0.05) is 18.5 Å². The SMILES string of the molecule is CO.Nc1ccc(-c2ccc(N)cc2C(F)(F)F)cc1. The molecule has 0 aliphatic heterocycles. The van der Waals surface area contributed by atoms with Gasteiger partial charge in [-0.15, -0.1) is 0 Å². The Morgan fingerprint density at radius 3 is 1.85 bits per heavy atom. The molecule has 3 nitrogen and oxygen atoms in total. The summed E-state index contributed by atoms with van der Waals surface area (Å²) in [6, 6.07) is 9.97. The summed E-state index contributed by atoms with van der Waals surface area (Å²) in [4.78, 5) is 0. The third-order valence-corrected chi connectivity index (χ3v) is 2.57. The van der Waals surface area contributed by atoms with Crippen molar-refractivity contribution in [2.24, 2.45) is 0 Å². The minimum Gasteiger partial charge on any atom is -0.400 e.